The summed E-state index contributed by atoms with van der Waals surface area (Å²) in [5.74, 6) is 1.95. The standard InChI is InChI=1S/C23H29N3O4/c1-4-30-15-7-14-26-20-9-6-5-8-19(20)24-23(26)25-22(27)13-10-17-16-18(28-2)11-12-21(17)29-3/h5-6,8-9,11-12,16H,4,7,10,13-15H2,1-3H3,(H,24,25,27). The highest BCUT2D eigenvalue weighted by Crippen LogP contribution is 2.25. The van der Waals surface area contributed by atoms with E-state index in [4.69, 9.17) is 14.2 Å². The molecule has 7 heteroatoms. The molecule has 1 N–H and O–H groups in total. The predicted molar refractivity (Wildman–Crippen MR) is 117 cm³/mol. The Morgan fingerprint density at radius 2 is 1.97 bits per heavy atom. The van der Waals surface area contributed by atoms with Gasteiger partial charge in [-0.25, -0.2) is 4.98 Å². The first kappa shape index (κ1) is 21.6. The fourth-order valence-corrected chi connectivity index (χ4v) is 3.38. The molecule has 1 amide bonds. The zero-order valence-electron chi connectivity index (χ0n) is 17.8. The van der Waals surface area contributed by atoms with Gasteiger partial charge in [-0.05, 0) is 55.7 Å². The Hall–Kier alpha value is -3.06. The number of imidazole rings is 1. The highest BCUT2D eigenvalue weighted by molar-refractivity contribution is 5.91. The maximum absolute atomic E-state index is 12.7. The number of ether oxygens (including phenoxy) is 3. The van der Waals surface area contributed by atoms with Crippen molar-refractivity contribution in [2.75, 3.05) is 32.8 Å². The van der Waals surface area contributed by atoms with Gasteiger partial charge < -0.3 is 18.8 Å². The number of rotatable bonds is 11. The number of para-hydroxylation sites is 2. The van der Waals surface area contributed by atoms with Crippen molar-refractivity contribution in [2.24, 2.45) is 0 Å². The largest absolute Gasteiger partial charge is 0.497 e. The number of nitrogens with zero attached hydrogens (tertiary/aromatic N) is 2. The normalized spacial score (nSPS) is 10.9. The van der Waals surface area contributed by atoms with E-state index in [1.54, 1.807) is 14.2 Å². The van der Waals surface area contributed by atoms with Crippen molar-refractivity contribution in [1.29, 1.82) is 0 Å². The summed E-state index contributed by atoms with van der Waals surface area (Å²) in [4.78, 5) is 17.3. The third kappa shape index (κ3) is 5.30. The van der Waals surface area contributed by atoms with Crippen LogP contribution in [0.5, 0.6) is 11.5 Å². The first-order chi connectivity index (χ1) is 14.7. The monoisotopic (exact) mass is 411 g/mol. The van der Waals surface area contributed by atoms with Crippen molar-refractivity contribution in [3.8, 4) is 11.5 Å². The van der Waals surface area contributed by atoms with E-state index in [9.17, 15) is 4.79 Å². The van der Waals surface area contributed by atoms with E-state index in [2.05, 4.69) is 10.3 Å². The Morgan fingerprint density at radius 3 is 2.73 bits per heavy atom. The van der Waals surface area contributed by atoms with Crippen LogP contribution in [0.1, 0.15) is 25.3 Å². The van der Waals surface area contributed by atoms with Crippen LogP contribution in [-0.2, 0) is 22.5 Å². The molecular weight excluding hydrogens is 382 g/mol. The van der Waals surface area contributed by atoms with Crippen LogP contribution < -0.4 is 14.8 Å². The molecule has 0 spiro atoms. The fourth-order valence-electron chi connectivity index (χ4n) is 3.38. The number of hydrogen-bond donors (Lipinski definition) is 1. The van der Waals surface area contributed by atoms with Crippen LogP contribution >= 0.6 is 0 Å². The minimum atomic E-state index is -0.0961. The molecule has 30 heavy (non-hydrogen) atoms. The molecule has 3 aromatic rings. The summed E-state index contributed by atoms with van der Waals surface area (Å²) in [7, 11) is 3.24. The van der Waals surface area contributed by atoms with Gasteiger partial charge in [0.2, 0.25) is 11.9 Å². The second-order valence-corrected chi connectivity index (χ2v) is 6.85. The number of carbonyl (C=O) groups excluding carboxylic acids is 1. The van der Waals surface area contributed by atoms with Gasteiger partial charge in [-0.15, -0.1) is 0 Å². The summed E-state index contributed by atoms with van der Waals surface area (Å²) in [6, 6.07) is 13.5. The van der Waals surface area contributed by atoms with Crippen LogP contribution in [0.2, 0.25) is 0 Å². The highest BCUT2D eigenvalue weighted by atomic mass is 16.5. The first-order valence-corrected chi connectivity index (χ1v) is 10.2. The molecule has 0 aliphatic rings. The maximum atomic E-state index is 12.7. The molecule has 0 atom stereocenters. The Balaban J connectivity index is 1.70. The fraction of sp³-hybridized carbons (Fsp3) is 0.391. The van der Waals surface area contributed by atoms with Crippen molar-refractivity contribution in [3.63, 3.8) is 0 Å². The summed E-state index contributed by atoms with van der Waals surface area (Å²) in [6.45, 7) is 4.07. The zero-order valence-corrected chi connectivity index (χ0v) is 17.8. The second kappa shape index (κ2) is 10.6. The number of methoxy groups -OCH3 is 2. The average molecular weight is 412 g/mol. The SMILES string of the molecule is CCOCCCn1c(NC(=O)CCc2cc(OC)ccc2OC)nc2ccccc21. The molecule has 0 fully saturated rings. The van der Waals surface area contributed by atoms with Gasteiger partial charge >= 0.3 is 0 Å². The number of anilines is 1. The lowest BCUT2D eigenvalue weighted by atomic mass is 10.1. The van der Waals surface area contributed by atoms with Gasteiger partial charge in [-0.3, -0.25) is 10.1 Å². The third-order valence-electron chi connectivity index (χ3n) is 4.89. The lowest BCUT2D eigenvalue weighted by Gasteiger charge is -2.12. The number of fused-ring (bicyclic) bond motifs is 1. The van der Waals surface area contributed by atoms with Gasteiger partial charge in [0, 0.05) is 26.2 Å². The summed E-state index contributed by atoms with van der Waals surface area (Å²) in [6.07, 6.45) is 1.69. The van der Waals surface area contributed by atoms with Gasteiger partial charge in [0.05, 0.1) is 25.3 Å². The minimum Gasteiger partial charge on any atom is -0.497 e. The minimum absolute atomic E-state index is 0.0961. The molecule has 0 aliphatic carbocycles. The highest BCUT2D eigenvalue weighted by Gasteiger charge is 2.14. The molecule has 1 heterocycles. The predicted octanol–water partition coefficient (Wildman–Crippen LogP) is 4.05. The van der Waals surface area contributed by atoms with Gasteiger partial charge in [-0.2, -0.15) is 0 Å². The van der Waals surface area contributed by atoms with Gasteiger partial charge in [0.1, 0.15) is 11.5 Å². The molecular formula is C23H29N3O4. The van der Waals surface area contributed by atoms with Crippen molar-refractivity contribution in [1.82, 2.24) is 9.55 Å². The van der Waals surface area contributed by atoms with Crippen molar-refractivity contribution in [3.05, 3.63) is 48.0 Å². The van der Waals surface area contributed by atoms with E-state index in [0.717, 1.165) is 41.1 Å². The van der Waals surface area contributed by atoms with Crippen LogP contribution in [0, 0.1) is 0 Å². The van der Waals surface area contributed by atoms with Gasteiger partial charge in [-0.1, -0.05) is 12.1 Å². The number of aromatic nitrogens is 2. The van der Waals surface area contributed by atoms with Gasteiger partial charge in [0.15, 0.2) is 0 Å². The van der Waals surface area contributed by atoms with Crippen LogP contribution in [0.15, 0.2) is 42.5 Å². The molecule has 1 aromatic heterocycles. The van der Waals surface area contributed by atoms with Crippen LogP contribution in [0.25, 0.3) is 11.0 Å². The Kier molecular flexibility index (Phi) is 7.68. The van der Waals surface area contributed by atoms with Crippen LogP contribution in [0.4, 0.5) is 5.95 Å². The second-order valence-electron chi connectivity index (χ2n) is 6.85. The smallest absolute Gasteiger partial charge is 0.227 e. The number of hydrogen-bond acceptors (Lipinski definition) is 5. The van der Waals surface area contributed by atoms with E-state index >= 15 is 0 Å². The molecule has 7 nitrogen and oxygen atoms in total. The lowest BCUT2D eigenvalue weighted by Crippen LogP contribution is -2.17. The molecule has 2 aromatic carbocycles. The Morgan fingerprint density at radius 1 is 1.13 bits per heavy atom. The number of amides is 1. The molecule has 160 valence electrons. The topological polar surface area (TPSA) is 74.6 Å². The Bertz CT molecular complexity index is 984. The number of benzene rings is 2. The van der Waals surface area contributed by atoms with Crippen LogP contribution in [-0.4, -0.2) is 42.9 Å². The van der Waals surface area contributed by atoms with Crippen molar-refractivity contribution in [2.45, 2.75) is 32.7 Å². The molecule has 0 unspecified atom stereocenters. The maximum Gasteiger partial charge on any atom is 0.227 e. The quantitative estimate of drug-likeness (QED) is 0.482. The van der Waals surface area contributed by atoms with E-state index in [-0.39, 0.29) is 5.91 Å². The summed E-state index contributed by atoms with van der Waals surface area (Å²) in [5, 5.41) is 2.98. The number of carbonyl (C=O) groups is 1. The van der Waals surface area contributed by atoms with Crippen molar-refractivity contribution < 1.29 is 19.0 Å². The van der Waals surface area contributed by atoms with E-state index < -0.39 is 0 Å². The Labute approximate surface area is 177 Å². The zero-order chi connectivity index (χ0) is 21.3. The molecule has 0 saturated heterocycles. The molecule has 3 rings (SSSR count). The summed E-state index contributed by atoms with van der Waals surface area (Å²) >= 11 is 0. The van der Waals surface area contributed by atoms with Crippen LogP contribution in [0.3, 0.4) is 0 Å². The average Bonchev–Trinajstić information content (AvgIpc) is 3.11. The molecule has 0 aliphatic heterocycles. The first-order valence-electron chi connectivity index (χ1n) is 10.2. The number of nitrogens with one attached hydrogen (secondary N) is 1. The summed E-state index contributed by atoms with van der Waals surface area (Å²) < 4.78 is 18.2. The molecule has 0 radical (unpaired) electrons. The third-order valence-corrected chi connectivity index (χ3v) is 4.89. The molecule has 0 bridgehead atoms. The van der Waals surface area contributed by atoms with Gasteiger partial charge in [0.25, 0.3) is 0 Å². The van der Waals surface area contributed by atoms with E-state index in [0.29, 0.717) is 32.0 Å². The number of aryl methyl sites for hydroxylation is 2. The van der Waals surface area contributed by atoms with E-state index in [1.165, 1.54) is 0 Å². The molecule has 0 saturated carbocycles. The van der Waals surface area contributed by atoms with Crippen molar-refractivity contribution >= 4 is 22.9 Å². The summed E-state index contributed by atoms with van der Waals surface area (Å²) in [5.41, 5.74) is 2.79. The van der Waals surface area contributed by atoms with E-state index in [1.807, 2.05) is 54.0 Å². The lowest BCUT2D eigenvalue weighted by molar-refractivity contribution is -0.116.